The second-order valence-electron chi connectivity index (χ2n) is 8.97. The number of rotatable bonds is 6. The standard InChI is InChI=1S/C26H26F3N3O3/c1-17(33)31-12-10-19(11-13-31)20-5-9-24-23(14-20)25(35)32(16-30-24)15-22(34)8-4-18-2-6-21(7-3-18)26(27,28)29/h2-3,5-7,9,14,16,19H,4,8,10-13,15H2,1H3. The highest BCUT2D eigenvalue weighted by Crippen LogP contribution is 2.30. The quantitative estimate of drug-likeness (QED) is 0.521. The van der Waals surface area contributed by atoms with E-state index in [0.29, 0.717) is 29.6 Å². The molecule has 184 valence electrons. The van der Waals surface area contributed by atoms with Gasteiger partial charge in [0.25, 0.3) is 5.56 Å². The van der Waals surface area contributed by atoms with Gasteiger partial charge in [0.15, 0.2) is 5.78 Å². The molecule has 1 saturated heterocycles. The molecule has 4 rings (SSSR count). The first-order valence-electron chi connectivity index (χ1n) is 11.5. The number of ketones is 1. The van der Waals surface area contributed by atoms with E-state index in [0.717, 1.165) is 30.5 Å². The van der Waals surface area contributed by atoms with Crippen molar-refractivity contribution in [1.29, 1.82) is 0 Å². The van der Waals surface area contributed by atoms with E-state index in [-0.39, 0.29) is 42.6 Å². The first kappa shape index (κ1) is 24.6. The molecule has 0 aliphatic carbocycles. The van der Waals surface area contributed by atoms with Crippen LogP contribution in [0.3, 0.4) is 0 Å². The summed E-state index contributed by atoms with van der Waals surface area (Å²) < 4.78 is 39.4. The molecule has 2 heterocycles. The summed E-state index contributed by atoms with van der Waals surface area (Å²) in [6.07, 6.45) is -1.01. The fourth-order valence-electron chi connectivity index (χ4n) is 4.48. The maximum absolute atomic E-state index is 13.1. The number of likely N-dealkylation sites (tertiary alicyclic amines) is 1. The average Bonchev–Trinajstić information content (AvgIpc) is 2.84. The highest BCUT2D eigenvalue weighted by atomic mass is 19.4. The van der Waals surface area contributed by atoms with Crippen molar-refractivity contribution in [3.05, 3.63) is 75.8 Å². The van der Waals surface area contributed by atoms with Crippen molar-refractivity contribution >= 4 is 22.6 Å². The van der Waals surface area contributed by atoms with E-state index >= 15 is 0 Å². The van der Waals surface area contributed by atoms with Crippen LogP contribution < -0.4 is 5.56 Å². The number of amides is 1. The maximum atomic E-state index is 13.1. The third-order valence-electron chi connectivity index (χ3n) is 6.58. The molecule has 1 aliphatic rings. The van der Waals surface area contributed by atoms with E-state index in [9.17, 15) is 27.6 Å². The number of fused-ring (bicyclic) bond motifs is 1. The summed E-state index contributed by atoms with van der Waals surface area (Å²) in [5.41, 5.74) is 1.15. The molecular formula is C26H26F3N3O3. The Labute approximate surface area is 200 Å². The third-order valence-corrected chi connectivity index (χ3v) is 6.58. The number of benzene rings is 2. The van der Waals surface area contributed by atoms with E-state index in [2.05, 4.69) is 4.98 Å². The number of halogens is 3. The molecule has 1 aromatic heterocycles. The first-order valence-corrected chi connectivity index (χ1v) is 11.5. The molecule has 0 unspecified atom stereocenters. The zero-order valence-corrected chi connectivity index (χ0v) is 19.3. The van der Waals surface area contributed by atoms with Crippen molar-refractivity contribution < 1.29 is 22.8 Å². The zero-order valence-electron chi connectivity index (χ0n) is 19.3. The smallest absolute Gasteiger partial charge is 0.343 e. The number of alkyl halides is 3. The van der Waals surface area contributed by atoms with Crippen LogP contribution >= 0.6 is 0 Å². The van der Waals surface area contributed by atoms with Crippen molar-refractivity contribution in [2.75, 3.05) is 13.1 Å². The maximum Gasteiger partial charge on any atom is 0.416 e. The number of carbonyl (C=O) groups is 2. The van der Waals surface area contributed by atoms with Crippen molar-refractivity contribution in [3.63, 3.8) is 0 Å². The molecule has 0 atom stereocenters. The Balaban J connectivity index is 1.43. The van der Waals surface area contributed by atoms with Gasteiger partial charge in [0.05, 0.1) is 29.3 Å². The second-order valence-corrected chi connectivity index (χ2v) is 8.97. The van der Waals surface area contributed by atoms with Crippen molar-refractivity contribution in [2.45, 2.75) is 51.2 Å². The monoisotopic (exact) mass is 485 g/mol. The van der Waals surface area contributed by atoms with Gasteiger partial charge in [0, 0.05) is 26.4 Å². The van der Waals surface area contributed by atoms with Crippen LogP contribution in [0.1, 0.15) is 48.8 Å². The Morgan fingerprint density at radius 1 is 1.06 bits per heavy atom. The number of hydrogen-bond donors (Lipinski definition) is 0. The van der Waals surface area contributed by atoms with Gasteiger partial charge in [0.2, 0.25) is 5.91 Å². The van der Waals surface area contributed by atoms with Crippen LogP contribution in [-0.2, 0) is 28.7 Å². The highest BCUT2D eigenvalue weighted by Gasteiger charge is 2.30. The lowest BCUT2D eigenvalue weighted by molar-refractivity contribution is -0.137. The molecule has 0 radical (unpaired) electrons. The van der Waals surface area contributed by atoms with E-state index in [1.807, 2.05) is 17.0 Å². The molecule has 9 heteroatoms. The van der Waals surface area contributed by atoms with Gasteiger partial charge in [-0.15, -0.1) is 0 Å². The zero-order chi connectivity index (χ0) is 25.2. The minimum atomic E-state index is -4.40. The molecular weight excluding hydrogens is 459 g/mol. The molecule has 0 saturated carbocycles. The van der Waals surface area contributed by atoms with E-state index in [4.69, 9.17) is 0 Å². The third kappa shape index (κ3) is 5.78. The minimum absolute atomic E-state index is 0.0667. The largest absolute Gasteiger partial charge is 0.416 e. The molecule has 3 aromatic rings. The van der Waals surface area contributed by atoms with Gasteiger partial charge in [-0.1, -0.05) is 18.2 Å². The summed E-state index contributed by atoms with van der Waals surface area (Å²) in [6.45, 7) is 2.78. The number of aromatic nitrogens is 2. The number of nitrogens with zero attached hydrogens (tertiary/aromatic N) is 3. The lowest BCUT2D eigenvalue weighted by Gasteiger charge is -2.31. The predicted octanol–water partition coefficient (Wildman–Crippen LogP) is 4.34. The van der Waals surface area contributed by atoms with E-state index in [1.165, 1.54) is 23.0 Å². The van der Waals surface area contributed by atoms with Gasteiger partial charge in [-0.25, -0.2) is 4.98 Å². The topological polar surface area (TPSA) is 72.3 Å². The SMILES string of the molecule is CC(=O)N1CCC(c2ccc3ncn(CC(=O)CCc4ccc(C(F)(F)F)cc4)c(=O)c3c2)CC1. The first-order chi connectivity index (χ1) is 16.6. The number of hydrogen-bond acceptors (Lipinski definition) is 4. The summed E-state index contributed by atoms with van der Waals surface area (Å²) >= 11 is 0. The van der Waals surface area contributed by atoms with Crippen molar-refractivity contribution in [1.82, 2.24) is 14.5 Å². The summed E-state index contributed by atoms with van der Waals surface area (Å²) in [5, 5.41) is 0.439. The van der Waals surface area contributed by atoms with Crippen LogP contribution in [0.5, 0.6) is 0 Å². The van der Waals surface area contributed by atoms with E-state index < -0.39 is 11.7 Å². The Bertz CT molecular complexity index is 1290. The molecule has 2 aromatic carbocycles. The fraction of sp³-hybridized carbons (Fsp3) is 0.385. The molecule has 1 aliphatic heterocycles. The van der Waals surface area contributed by atoms with Crippen LogP contribution in [0, 0.1) is 0 Å². The van der Waals surface area contributed by atoms with Crippen LogP contribution in [0.2, 0.25) is 0 Å². The Morgan fingerprint density at radius 2 is 1.74 bits per heavy atom. The average molecular weight is 486 g/mol. The lowest BCUT2D eigenvalue weighted by atomic mass is 9.89. The normalized spacial score (nSPS) is 14.9. The Hall–Kier alpha value is -3.49. The van der Waals surface area contributed by atoms with Crippen molar-refractivity contribution in [2.24, 2.45) is 0 Å². The van der Waals surface area contributed by atoms with Gasteiger partial charge in [-0.05, 0) is 60.6 Å². The second kappa shape index (κ2) is 10.0. The van der Waals surface area contributed by atoms with Crippen molar-refractivity contribution in [3.8, 4) is 0 Å². The summed E-state index contributed by atoms with van der Waals surface area (Å²) in [6, 6.07) is 10.3. The molecule has 1 amide bonds. The number of piperidine rings is 1. The van der Waals surface area contributed by atoms with Gasteiger partial charge in [0.1, 0.15) is 0 Å². The van der Waals surface area contributed by atoms with Crippen LogP contribution in [-0.4, -0.2) is 39.2 Å². The molecule has 0 bridgehead atoms. The van der Waals surface area contributed by atoms with E-state index in [1.54, 1.807) is 13.0 Å². The van der Waals surface area contributed by atoms with Crippen LogP contribution in [0.4, 0.5) is 13.2 Å². The lowest BCUT2D eigenvalue weighted by Crippen LogP contribution is -2.36. The molecule has 0 N–H and O–H groups in total. The summed E-state index contributed by atoms with van der Waals surface area (Å²) in [4.78, 5) is 43.3. The summed E-state index contributed by atoms with van der Waals surface area (Å²) in [5.74, 6) is 0.103. The van der Waals surface area contributed by atoms with Crippen LogP contribution in [0.25, 0.3) is 10.9 Å². The fourth-order valence-corrected chi connectivity index (χ4v) is 4.48. The molecule has 0 spiro atoms. The van der Waals surface area contributed by atoms with Crippen LogP contribution in [0.15, 0.2) is 53.6 Å². The van der Waals surface area contributed by atoms with Gasteiger partial charge in [-0.2, -0.15) is 13.2 Å². The van der Waals surface area contributed by atoms with Gasteiger partial charge < -0.3 is 4.90 Å². The minimum Gasteiger partial charge on any atom is -0.343 e. The number of carbonyl (C=O) groups excluding carboxylic acids is 2. The van der Waals surface area contributed by atoms with Gasteiger partial charge in [-0.3, -0.25) is 19.0 Å². The Morgan fingerprint density at radius 3 is 2.37 bits per heavy atom. The van der Waals surface area contributed by atoms with Gasteiger partial charge >= 0.3 is 6.18 Å². The molecule has 1 fully saturated rings. The molecule has 35 heavy (non-hydrogen) atoms. The Kier molecular flexibility index (Phi) is 7.05. The predicted molar refractivity (Wildman–Crippen MR) is 125 cm³/mol. The number of Topliss-reactive ketones (excluding diaryl/α,β-unsaturated/α-hetero) is 1. The molecule has 6 nitrogen and oxygen atoms in total. The summed E-state index contributed by atoms with van der Waals surface area (Å²) in [7, 11) is 0. The number of aryl methyl sites for hydroxylation is 1. The highest BCUT2D eigenvalue weighted by molar-refractivity contribution is 5.80.